The molecular formula is C14H18F3N. The lowest BCUT2D eigenvalue weighted by atomic mass is 9.87. The lowest BCUT2D eigenvalue weighted by molar-refractivity contribution is -0.139. The fraction of sp³-hybridized carbons (Fsp3) is 0.571. The second kappa shape index (κ2) is 5.31. The summed E-state index contributed by atoms with van der Waals surface area (Å²) >= 11 is 0. The highest BCUT2D eigenvalue weighted by Crippen LogP contribution is 2.31. The molecule has 0 saturated carbocycles. The second-order valence-electron chi connectivity index (χ2n) is 5.03. The summed E-state index contributed by atoms with van der Waals surface area (Å²) in [6.07, 6.45) is -1.89. The topological polar surface area (TPSA) is 12.0 Å². The molecule has 2 rings (SSSR count). The van der Waals surface area contributed by atoms with E-state index in [0.717, 1.165) is 24.8 Å². The number of halogens is 3. The molecule has 2 atom stereocenters. The van der Waals surface area contributed by atoms with E-state index in [4.69, 9.17) is 0 Å². The zero-order valence-electron chi connectivity index (χ0n) is 10.4. The van der Waals surface area contributed by atoms with E-state index in [1.807, 2.05) is 18.2 Å². The molecule has 0 spiro atoms. The van der Waals surface area contributed by atoms with E-state index in [2.05, 4.69) is 11.4 Å². The van der Waals surface area contributed by atoms with Gasteiger partial charge < -0.3 is 5.32 Å². The molecule has 0 aromatic heterocycles. The van der Waals surface area contributed by atoms with Gasteiger partial charge in [0.15, 0.2) is 0 Å². The standard InChI is InChI=1S/C14H18F3N/c1-10(9-14(15,16)17)18-13-8-4-6-11-5-2-3-7-12(11)13/h2-3,5,7,10,13,18H,4,6,8-9H2,1H3. The van der Waals surface area contributed by atoms with Crippen molar-refractivity contribution in [2.45, 2.75) is 50.9 Å². The van der Waals surface area contributed by atoms with E-state index >= 15 is 0 Å². The van der Waals surface area contributed by atoms with Crippen LogP contribution in [0.4, 0.5) is 13.2 Å². The molecule has 1 N–H and O–H groups in total. The van der Waals surface area contributed by atoms with Gasteiger partial charge >= 0.3 is 6.18 Å². The van der Waals surface area contributed by atoms with Crippen molar-refractivity contribution in [2.75, 3.05) is 0 Å². The van der Waals surface area contributed by atoms with Crippen molar-refractivity contribution in [3.8, 4) is 0 Å². The smallest absolute Gasteiger partial charge is 0.307 e. The van der Waals surface area contributed by atoms with Crippen LogP contribution in [0.3, 0.4) is 0 Å². The highest BCUT2D eigenvalue weighted by Gasteiger charge is 2.31. The maximum atomic E-state index is 12.3. The Hall–Kier alpha value is -1.03. The van der Waals surface area contributed by atoms with Crippen molar-refractivity contribution in [1.82, 2.24) is 5.32 Å². The van der Waals surface area contributed by atoms with Gasteiger partial charge in [-0.1, -0.05) is 24.3 Å². The van der Waals surface area contributed by atoms with Gasteiger partial charge in [-0.25, -0.2) is 0 Å². The minimum atomic E-state index is -4.10. The van der Waals surface area contributed by atoms with Crippen LogP contribution in [-0.4, -0.2) is 12.2 Å². The molecular weight excluding hydrogens is 239 g/mol. The Labute approximate surface area is 105 Å². The van der Waals surface area contributed by atoms with E-state index in [0.29, 0.717) is 0 Å². The van der Waals surface area contributed by atoms with Crippen LogP contribution in [0.5, 0.6) is 0 Å². The number of fused-ring (bicyclic) bond motifs is 1. The van der Waals surface area contributed by atoms with E-state index in [1.54, 1.807) is 6.92 Å². The highest BCUT2D eigenvalue weighted by atomic mass is 19.4. The van der Waals surface area contributed by atoms with Gasteiger partial charge in [0.2, 0.25) is 0 Å². The molecule has 2 unspecified atom stereocenters. The first-order valence-corrected chi connectivity index (χ1v) is 6.36. The Morgan fingerprint density at radius 2 is 2.06 bits per heavy atom. The highest BCUT2D eigenvalue weighted by molar-refractivity contribution is 5.32. The van der Waals surface area contributed by atoms with E-state index in [9.17, 15) is 13.2 Å². The number of hydrogen-bond donors (Lipinski definition) is 1. The molecule has 0 heterocycles. The molecule has 0 fully saturated rings. The van der Waals surface area contributed by atoms with Crippen LogP contribution >= 0.6 is 0 Å². The Morgan fingerprint density at radius 3 is 2.78 bits per heavy atom. The minimum Gasteiger partial charge on any atom is -0.307 e. The predicted octanol–water partition coefficient (Wildman–Crippen LogP) is 3.99. The van der Waals surface area contributed by atoms with Crippen molar-refractivity contribution >= 4 is 0 Å². The quantitative estimate of drug-likeness (QED) is 0.863. The van der Waals surface area contributed by atoms with Gasteiger partial charge in [-0.15, -0.1) is 0 Å². The Kier molecular flexibility index (Phi) is 3.95. The van der Waals surface area contributed by atoms with Crippen molar-refractivity contribution in [3.63, 3.8) is 0 Å². The first-order chi connectivity index (χ1) is 8.46. The number of nitrogens with one attached hydrogen (secondary N) is 1. The lowest BCUT2D eigenvalue weighted by Crippen LogP contribution is -2.35. The lowest BCUT2D eigenvalue weighted by Gasteiger charge is -2.29. The SMILES string of the molecule is CC(CC(F)(F)F)NC1CCCc2ccccc21. The molecule has 0 saturated heterocycles. The zero-order chi connectivity index (χ0) is 13.2. The van der Waals surface area contributed by atoms with Crippen molar-refractivity contribution < 1.29 is 13.2 Å². The Morgan fingerprint density at radius 1 is 1.33 bits per heavy atom. The average molecular weight is 257 g/mol. The number of aryl methyl sites for hydroxylation is 1. The monoisotopic (exact) mass is 257 g/mol. The fourth-order valence-electron chi connectivity index (χ4n) is 2.68. The molecule has 1 aliphatic rings. The van der Waals surface area contributed by atoms with Crippen LogP contribution in [0.2, 0.25) is 0 Å². The molecule has 100 valence electrons. The van der Waals surface area contributed by atoms with Crippen LogP contribution in [0, 0.1) is 0 Å². The number of benzene rings is 1. The number of hydrogen-bond acceptors (Lipinski definition) is 1. The first kappa shape index (κ1) is 13.4. The Balaban J connectivity index is 2.03. The average Bonchev–Trinajstić information content (AvgIpc) is 2.27. The normalized spacial score (nSPS) is 21.4. The third-order valence-electron chi connectivity index (χ3n) is 3.39. The summed E-state index contributed by atoms with van der Waals surface area (Å²) in [7, 11) is 0. The Bertz CT molecular complexity index is 400. The maximum absolute atomic E-state index is 12.3. The first-order valence-electron chi connectivity index (χ1n) is 6.36. The third-order valence-corrected chi connectivity index (χ3v) is 3.39. The third kappa shape index (κ3) is 3.48. The number of alkyl halides is 3. The van der Waals surface area contributed by atoms with Crippen molar-refractivity contribution in [1.29, 1.82) is 0 Å². The van der Waals surface area contributed by atoms with Gasteiger partial charge in [0.25, 0.3) is 0 Å². The van der Waals surface area contributed by atoms with Gasteiger partial charge in [-0.2, -0.15) is 13.2 Å². The molecule has 1 aromatic rings. The molecule has 1 aliphatic carbocycles. The molecule has 0 bridgehead atoms. The van der Waals surface area contributed by atoms with Crippen molar-refractivity contribution in [3.05, 3.63) is 35.4 Å². The minimum absolute atomic E-state index is 0.0623. The van der Waals surface area contributed by atoms with Crippen molar-refractivity contribution in [2.24, 2.45) is 0 Å². The fourth-order valence-corrected chi connectivity index (χ4v) is 2.68. The molecule has 1 aromatic carbocycles. The number of rotatable bonds is 3. The van der Waals surface area contributed by atoms with Gasteiger partial charge in [0.05, 0.1) is 6.42 Å². The van der Waals surface area contributed by atoms with Gasteiger partial charge in [-0.05, 0) is 37.3 Å². The largest absolute Gasteiger partial charge is 0.390 e. The predicted molar refractivity (Wildman–Crippen MR) is 65.4 cm³/mol. The van der Waals surface area contributed by atoms with Crippen LogP contribution in [0.15, 0.2) is 24.3 Å². The molecule has 0 amide bonds. The van der Waals surface area contributed by atoms with Crippen LogP contribution in [-0.2, 0) is 6.42 Å². The molecule has 0 radical (unpaired) electrons. The van der Waals surface area contributed by atoms with Crippen LogP contribution in [0.1, 0.15) is 43.4 Å². The van der Waals surface area contributed by atoms with E-state index in [1.165, 1.54) is 5.56 Å². The second-order valence-corrected chi connectivity index (χ2v) is 5.03. The van der Waals surface area contributed by atoms with E-state index < -0.39 is 18.6 Å². The van der Waals surface area contributed by atoms with Crippen LogP contribution < -0.4 is 5.32 Å². The van der Waals surface area contributed by atoms with Gasteiger partial charge in [0, 0.05) is 12.1 Å². The summed E-state index contributed by atoms with van der Waals surface area (Å²) in [5, 5.41) is 3.11. The molecule has 1 nitrogen and oxygen atoms in total. The van der Waals surface area contributed by atoms with E-state index in [-0.39, 0.29) is 6.04 Å². The van der Waals surface area contributed by atoms with Gasteiger partial charge in [-0.3, -0.25) is 0 Å². The zero-order valence-corrected chi connectivity index (χ0v) is 10.4. The summed E-state index contributed by atoms with van der Waals surface area (Å²) in [6.45, 7) is 1.60. The van der Waals surface area contributed by atoms with Crippen LogP contribution in [0.25, 0.3) is 0 Å². The summed E-state index contributed by atoms with van der Waals surface area (Å²) in [6, 6.07) is 7.55. The molecule has 4 heteroatoms. The maximum Gasteiger partial charge on any atom is 0.390 e. The summed E-state index contributed by atoms with van der Waals surface area (Å²) in [4.78, 5) is 0. The molecule has 0 aliphatic heterocycles. The summed E-state index contributed by atoms with van der Waals surface area (Å²) in [5.41, 5.74) is 2.43. The summed E-state index contributed by atoms with van der Waals surface area (Å²) < 4.78 is 36.9. The van der Waals surface area contributed by atoms with Gasteiger partial charge in [0.1, 0.15) is 0 Å². The molecule has 18 heavy (non-hydrogen) atoms. The summed E-state index contributed by atoms with van der Waals surface area (Å²) in [5.74, 6) is 0.